The van der Waals surface area contributed by atoms with Crippen LogP contribution < -0.4 is 5.32 Å². The van der Waals surface area contributed by atoms with Crippen LogP contribution in [0.15, 0.2) is 24.3 Å². The topological polar surface area (TPSA) is 29.1 Å². The van der Waals surface area contributed by atoms with Gasteiger partial charge in [-0.05, 0) is 36.0 Å². The number of benzene rings is 1. The molecule has 4 heteroatoms. The maximum absolute atomic E-state index is 12.1. The minimum Gasteiger partial charge on any atom is -0.352 e. The summed E-state index contributed by atoms with van der Waals surface area (Å²) in [6.07, 6.45) is 3.65. The summed E-state index contributed by atoms with van der Waals surface area (Å²) in [6, 6.07) is 8.17. The number of carbonyl (C=O) groups excluding carboxylic acids is 1. The van der Waals surface area contributed by atoms with Gasteiger partial charge in [-0.25, -0.2) is 0 Å². The molecule has 1 fully saturated rings. The Balaban J connectivity index is 1.71. The molecule has 1 saturated carbocycles. The van der Waals surface area contributed by atoms with Crippen LogP contribution in [0.2, 0.25) is 5.02 Å². The van der Waals surface area contributed by atoms with Crippen LogP contribution in [0.25, 0.3) is 0 Å². The normalized spacial score (nSPS) is 25.6. The van der Waals surface area contributed by atoms with Crippen LogP contribution in [-0.4, -0.2) is 17.7 Å². The summed E-state index contributed by atoms with van der Waals surface area (Å²) >= 11 is 7.51. The van der Waals surface area contributed by atoms with Gasteiger partial charge in [-0.3, -0.25) is 4.79 Å². The summed E-state index contributed by atoms with van der Waals surface area (Å²) in [6.45, 7) is 4.55. The number of nitrogens with one attached hydrogen (secondary N) is 1. The van der Waals surface area contributed by atoms with Crippen molar-refractivity contribution in [1.29, 1.82) is 0 Å². The lowest BCUT2D eigenvalue weighted by Crippen LogP contribution is -2.44. The number of hydrogen-bond acceptors (Lipinski definition) is 2. The van der Waals surface area contributed by atoms with E-state index in [0.717, 1.165) is 17.2 Å². The molecule has 1 aromatic carbocycles. The molecule has 1 amide bonds. The van der Waals surface area contributed by atoms with Crippen molar-refractivity contribution in [2.45, 2.75) is 44.9 Å². The third-order valence-corrected chi connectivity index (χ3v) is 5.72. The van der Waals surface area contributed by atoms with E-state index >= 15 is 0 Å². The predicted molar refractivity (Wildman–Crippen MR) is 91.7 cm³/mol. The van der Waals surface area contributed by atoms with E-state index in [1.54, 1.807) is 11.8 Å². The smallest absolute Gasteiger partial charge is 0.230 e. The predicted octanol–water partition coefficient (Wildman–Crippen LogP) is 4.51. The second-order valence-electron chi connectivity index (χ2n) is 6.06. The number of halogens is 1. The Labute approximate surface area is 137 Å². The summed E-state index contributed by atoms with van der Waals surface area (Å²) in [5.74, 6) is 2.84. The van der Waals surface area contributed by atoms with E-state index in [0.29, 0.717) is 23.6 Å². The molecule has 1 aliphatic carbocycles. The monoisotopic (exact) mass is 325 g/mol. The number of hydrogen-bond donors (Lipinski definition) is 1. The molecule has 1 aliphatic rings. The van der Waals surface area contributed by atoms with Gasteiger partial charge in [-0.1, -0.05) is 50.4 Å². The third-order valence-electron chi connectivity index (χ3n) is 4.47. The fourth-order valence-electron chi connectivity index (χ4n) is 2.88. The summed E-state index contributed by atoms with van der Waals surface area (Å²) in [5, 5.41) is 3.97. The van der Waals surface area contributed by atoms with Gasteiger partial charge in [0.05, 0.1) is 5.75 Å². The standard InChI is InChI=1S/C17H24ClNOS/c1-12-4-3-5-16(13(12)2)19-17(20)11-21-10-14-6-8-15(18)9-7-14/h6-9,12-13,16H,3-5,10-11H2,1-2H3,(H,19,20)/t12-,13-,16-/m1/s1. The Kier molecular flexibility index (Phi) is 6.43. The van der Waals surface area contributed by atoms with Crippen molar-refractivity contribution < 1.29 is 4.79 Å². The molecule has 0 bridgehead atoms. The lowest BCUT2D eigenvalue weighted by atomic mass is 9.78. The van der Waals surface area contributed by atoms with E-state index in [9.17, 15) is 4.79 Å². The van der Waals surface area contributed by atoms with Gasteiger partial charge in [0, 0.05) is 16.8 Å². The molecule has 1 N–H and O–H groups in total. The zero-order valence-electron chi connectivity index (χ0n) is 12.8. The summed E-state index contributed by atoms with van der Waals surface area (Å²) in [4.78, 5) is 12.1. The molecule has 0 aromatic heterocycles. The molecule has 21 heavy (non-hydrogen) atoms. The van der Waals surface area contributed by atoms with Crippen molar-refractivity contribution in [2.24, 2.45) is 11.8 Å². The van der Waals surface area contributed by atoms with E-state index in [4.69, 9.17) is 11.6 Å². The van der Waals surface area contributed by atoms with E-state index in [1.807, 2.05) is 24.3 Å². The first-order valence-electron chi connectivity index (χ1n) is 7.68. The summed E-state index contributed by atoms with van der Waals surface area (Å²) in [5.41, 5.74) is 1.21. The molecule has 0 heterocycles. The SMILES string of the molecule is C[C@@H]1[C@H](C)CCC[C@H]1NC(=O)CSCc1ccc(Cl)cc1. The van der Waals surface area contributed by atoms with E-state index < -0.39 is 0 Å². The molecule has 2 nitrogen and oxygen atoms in total. The van der Waals surface area contributed by atoms with Crippen molar-refractivity contribution in [2.75, 3.05) is 5.75 Å². The van der Waals surface area contributed by atoms with Crippen LogP contribution in [0.3, 0.4) is 0 Å². The van der Waals surface area contributed by atoms with Gasteiger partial charge in [-0.2, -0.15) is 0 Å². The number of carbonyl (C=O) groups is 1. The maximum atomic E-state index is 12.1. The Bertz CT molecular complexity index is 462. The van der Waals surface area contributed by atoms with Gasteiger partial charge in [-0.15, -0.1) is 11.8 Å². The highest BCUT2D eigenvalue weighted by atomic mass is 35.5. The lowest BCUT2D eigenvalue weighted by molar-refractivity contribution is -0.119. The fraction of sp³-hybridized carbons (Fsp3) is 0.588. The van der Waals surface area contributed by atoms with E-state index in [1.165, 1.54) is 18.4 Å². The molecule has 1 aromatic rings. The zero-order chi connectivity index (χ0) is 15.2. The quantitative estimate of drug-likeness (QED) is 0.862. The lowest BCUT2D eigenvalue weighted by Gasteiger charge is -2.34. The molecular weight excluding hydrogens is 302 g/mol. The van der Waals surface area contributed by atoms with Crippen LogP contribution in [-0.2, 0) is 10.5 Å². The molecule has 3 atom stereocenters. The largest absolute Gasteiger partial charge is 0.352 e. The van der Waals surface area contributed by atoms with Crippen LogP contribution in [0.4, 0.5) is 0 Å². The van der Waals surface area contributed by atoms with Gasteiger partial charge in [0.25, 0.3) is 0 Å². The Morgan fingerprint density at radius 1 is 1.29 bits per heavy atom. The van der Waals surface area contributed by atoms with Crippen LogP contribution >= 0.6 is 23.4 Å². The van der Waals surface area contributed by atoms with E-state index in [2.05, 4.69) is 19.2 Å². The van der Waals surface area contributed by atoms with Crippen molar-refractivity contribution >= 4 is 29.3 Å². The minimum absolute atomic E-state index is 0.167. The highest BCUT2D eigenvalue weighted by Crippen LogP contribution is 2.29. The fourth-order valence-corrected chi connectivity index (χ4v) is 3.80. The zero-order valence-corrected chi connectivity index (χ0v) is 14.3. The van der Waals surface area contributed by atoms with Crippen molar-refractivity contribution in [3.63, 3.8) is 0 Å². The highest BCUT2D eigenvalue weighted by Gasteiger charge is 2.27. The Morgan fingerprint density at radius 3 is 2.71 bits per heavy atom. The summed E-state index contributed by atoms with van der Waals surface area (Å²) in [7, 11) is 0. The molecule has 116 valence electrons. The number of amides is 1. The molecular formula is C17H24ClNOS. The van der Waals surface area contributed by atoms with Crippen LogP contribution in [0.1, 0.15) is 38.7 Å². The molecule has 2 rings (SSSR count). The van der Waals surface area contributed by atoms with Gasteiger partial charge in [0.2, 0.25) is 5.91 Å². The van der Waals surface area contributed by atoms with Crippen molar-refractivity contribution in [3.05, 3.63) is 34.9 Å². The van der Waals surface area contributed by atoms with Gasteiger partial charge in [0.15, 0.2) is 0 Å². The van der Waals surface area contributed by atoms with Gasteiger partial charge >= 0.3 is 0 Å². The molecule has 0 radical (unpaired) electrons. The number of rotatable bonds is 5. The van der Waals surface area contributed by atoms with Crippen molar-refractivity contribution in [3.8, 4) is 0 Å². The number of thioether (sulfide) groups is 1. The van der Waals surface area contributed by atoms with Crippen LogP contribution in [0, 0.1) is 11.8 Å². The highest BCUT2D eigenvalue weighted by molar-refractivity contribution is 7.99. The van der Waals surface area contributed by atoms with E-state index in [-0.39, 0.29) is 5.91 Å². The first kappa shape index (κ1) is 16.7. The van der Waals surface area contributed by atoms with Crippen LogP contribution in [0.5, 0.6) is 0 Å². The molecule has 0 saturated heterocycles. The van der Waals surface area contributed by atoms with Gasteiger partial charge in [0.1, 0.15) is 0 Å². The molecule has 0 unspecified atom stereocenters. The van der Waals surface area contributed by atoms with Crippen molar-refractivity contribution in [1.82, 2.24) is 5.32 Å². The third kappa shape index (κ3) is 5.23. The molecule has 0 aliphatic heterocycles. The second kappa shape index (κ2) is 8.09. The first-order valence-corrected chi connectivity index (χ1v) is 9.21. The average molecular weight is 326 g/mol. The second-order valence-corrected chi connectivity index (χ2v) is 7.48. The first-order chi connectivity index (χ1) is 10.1. The Hall–Kier alpha value is -0.670. The molecule has 0 spiro atoms. The Morgan fingerprint density at radius 2 is 2.00 bits per heavy atom. The maximum Gasteiger partial charge on any atom is 0.230 e. The minimum atomic E-state index is 0.167. The average Bonchev–Trinajstić information content (AvgIpc) is 2.46. The van der Waals surface area contributed by atoms with Gasteiger partial charge < -0.3 is 5.32 Å². The summed E-state index contributed by atoms with van der Waals surface area (Å²) < 4.78 is 0.